The van der Waals surface area contributed by atoms with E-state index >= 15 is 0 Å². The minimum atomic E-state index is -2.85. The number of carboxylic acids is 1. The van der Waals surface area contributed by atoms with Crippen molar-refractivity contribution in [1.29, 1.82) is 0 Å². The molecular formula is C14H21F2NO3. The molecule has 1 unspecified atom stereocenters. The van der Waals surface area contributed by atoms with Crippen molar-refractivity contribution in [1.82, 2.24) is 4.90 Å². The normalized spacial score (nSPS) is 32.2. The molecule has 3 atom stereocenters. The van der Waals surface area contributed by atoms with Gasteiger partial charge in [-0.2, -0.15) is 0 Å². The van der Waals surface area contributed by atoms with Crippen molar-refractivity contribution in [3.8, 4) is 0 Å². The molecule has 0 bridgehead atoms. The van der Waals surface area contributed by atoms with E-state index in [0.29, 0.717) is 0 Å². The lowest BCUT2D eigenvalue weighted by Crippen LogP contribution is -2.44. The second-order valence-corrected chi connectivity index (χ2v) is 7.14. The van der Waals surface area contributed by atoms with E-state index in [1.165, 1.54) is 0 Å². The molecule has 0 aromatic heterocycles. The molecule has 1 saturated heterocycles. The minimum Gasteiger partial charge on any atom is -0.480 e. The smallest absolute Gasteiger partial charge is 0.326 e. The monoisotopic (exact) mass is 289 g/mol. The maximum Gasteiger partial charge on any atom is 0.326 e. The first-order valence-electron chi connectivity index (χ1n) is 6.93. The van der Waals surface area contributed by atoms with Crippen LogP contribution in [0, 0.1) is 17.3 Å². The molecule has 0 radical (unpaired) electrons. The highest BCUT2D eigenvalue weighted by molar-refractivity contribution is 5.85. The van der Waals surface area contributed by atoms with Gasteiger partial charge in [0.05, 0.1) is 0 Å². The van der Waals surface area contributed by atoms with Crippen LogP contribution in [0.5, 0.6) is 0 Å². The number of alkyl halides is 2. The van der Waals surface area contributed by atoms with Gasteiger partial charge in [-0.1, -0.05) is 20.8 Å². The summed E-state index contributed by atoms with van der Waals surface area (Å²) in [7, 11) is 0. The van der Waals surface area contributed by atoms with Gasteiger partial charge in [-0.05, 0) is 11.8 Å². The van der Waals surface area contributed by atoms with Crippen molar-refractivity contribution >= 4 is 11.9 Å². The lowest BCUT2D eigenvalue weighted by molar-refractivity contribution is -0.150. The van der Waals surface area contributed by atoms with Crippen LogP contribution in [0.3, 0.4) is 0 Å². The van der Waals surface area contributed by atoms with Crippen LogP contribution in [-0.2, 0) is 9.59 Å². The standard InChI is InChI=1S/C14H21F2NO3/c1-13(2,3)6-10(18)17-7-9-8(11(17)12(19)20)4-5-14(9,15)16/h8-9,11H,4-7H2,1-3H3,(H,19,20)/t8-,9-,11?/m0/s1. The predicted octanol–water partition coefficient (Wildman–Crippen LogP) is 2.38. The molecule has 2 rings (SSSR count). The molecule has 0 spiro atoms. The summed E-state index contributed by atoms with van der Waals surface area (Å²) < 4.78 is 27.6. The Kier molecular flexibility index (Phi) is 3.55. The van der Waals surface area contributed by atoms with Gasteiger partial charge in [-0.25, -0.2) is 13.6 Å². The van der Waals surface area contributed by atoms with Gasteiger partial charge in [0.2, 0.25) is 5.91 Å². The number of rotatable bonds is 2. The first-order valence-corrected chi connectivity index (χ1v) is 6.93. The van der Waals surface area contributed by atoms with Gasteiger partial charge in [0.1, 0.15) is 6.04 Å². The Balaban J connectivity index is 2.21. The number of aliphatic carboxylic acids is 1. The predicted molar refractivity (Wildman–Crippen MR) is 68.4 cm³/mol. The van der Waals surface area contributed by atoms with Crippen molar-refractivity contribution in [2.45, 2.75) is 52.0 Å². The highest BCUT2D eigenvalue weighted by Gasteiger charge is 2.60. The fourth-order valence-electron chi connectivity index (χ4n) is 3.39. The Hall–Kier alpha value is -1.20. The Morgan fingerprint density at radius 1 is 1.35 bits per heavy atom. The van der Waals surface area contributed by atoms with E-state index in [-0.39, 0.29) is 37.1 Å². The van der Waals surface area contributed by atoms with Crippen LogP contribution in [0.4, 0.5) is 8.78 Å². The highest BCUT2D eigenvalue weighted by atomic mass is 19.3. The zero-order chi connectivity index (χ0) is 15.3. The van der Waals surface area contributed by atoms with Gasteiger partial charge in [0, 0.05) is 31.2 Å². The van der Waals surface area contributed by atoms with Gasteiger partial charge in [0.15, 0.2) is 0 Å². The van der Waals surface area contributed by atoms with Gasteiger partial charge < -0.3 is 10.0 Å². The number of carbonyl (C=O) groups excluding carboxylic acids is 1. The van der Waals surface area contributed by atoms with E-state index < -0.39 is 29.8 Å². The Labute approximate surface area is 117 Å². The molecule has 2 aliphatic rings. The van der Waals surface area contributed by atoms with Crippen LogP contribution in [0.2, 0.25) is 0 Å². The fourth-order valence-corrected chi connectivity index (χ4v) is 3.39. The van der Waals surface area contributed by atoms with Crippen LogP contribution in [0.1, 0.15) is 40.0 Å². The van der Waals surface area contributed by atoms with Crippen LogP contribution >= 0.6 is 0 Å². The molecule has 1 amide bonds. The number of halogens is 2. The SMILES string of the molecule is CC(C)(C)CC(=O)N1C[C@H]2[C@H](CCC2(F)F)C1C(=O)O. The summed E-state index contributed by atoms with van der Waals surface area (Å²) in [6.45, 7) is 5.47. The molecule has 6 heteroatoms. The number of likely N-dealkylation sites (tertiary alicyclic amines) is 1. The van der Waals surface area contributed by atoms with Crippen LogP contribution in [0.25, 0.3) is 0 Å². The molecule has 1 aliphatic heterocycles. The topological polar surface area (TPSA) is 57.6 Å². The number of hydrogen-bond acceptors (Lipinski definition) is 2. The maximum atomic E-state index is 13.8. The van der Waals surface area contributed by atoms with Gasteiger partial charge in [-0.15, -0.1) is 0 Å². The molecule has 0 aromatic carbocycles. The molecule has 4 nitrogen and oxygen atoms in total. The summed E-state index contributed by atoms with van der Waals surface area (Å²) in [6, 6.07) is -1.09. The quantitative estimate of drug-likeness (QED) is 0.849. The number of carbonyl (C=O) groups is 2. The molecule has 114 valence electrons. The lowest BCUT2D eigenvalue weighted by Gasteiger charge is -2.28. The summed E-state index contributed by atoms with van der Waals surface area (Å²) in [5.41, 5.74) is -0.291. The number of carboxylic acid groups (broad SMARTS) is 1. The zero-order valence-electron chi connectivity index (χ0n) is 12.0. The zero-order valence-corrected chi connectivity index (χ0v) is 12.0. The molecule has 1 heterocycles. The Morgan fingerprint density at radius 2 is 1.95 bits per heavy atom. The second kappa shape index (κ2) is 4.67. The van der Waals surface area contributed by atoms with E-state index in [0.717, 1.165) is 4.90 Å². The maximum absolute atomic E-state index is 13.8. The number of amides is 1. The van der Waals surface area contributed by atoms with Crippen molar-refractivity contribution in [3.63, 3.8) is 0 Å². The first-order chi connectivity index (χ1) is 9.03. The third-order valence-corrected chi connectivity index (χ3v) is 4.26. The summed E-state index contributed by atoms with van der Waals surface area (Å²) in [6.07, 6.45) is 0.0726. The minimum absolute atomic E-state index is 0.135. The molecule has 2 fully saturated rings. The summed E-state index contributed by atoms with van der Waals surface area (Å²) in [5.74, 6) is -5.98. The van der Waals surface area contributed by atoms with Crippen molar-refractivity contribution in [3.05, 3.63) is 0 Å². The Bertz CT molecular complexity index is 431. The summed E-state index contributed by atoms with van der Waals surface area (Å²) in [5, 5.41) is 9.31. The largest absolute Gasteiger partial charge is 0.480 e. The molecule has 20 heavy (non-hydrogen) atoms. The summed E-state index contributed by atoms with van der Waals surface area (Å²) in [4.78, 5) is 24.8. The third kappa shape index (κ3) is 2.65. The summed E-state index contributed by atoms with van der Waals surface area (Å²) >= 11 is 0. The van der Waals surface area contributed by atoms with E-state index in [2.05, 4.69) is 0 Å². The molecule has 1 aliphatic carbocycles. The average molecular weight is 289 g/mol. The van der Waals surface area contributed by atoms with E-state index in [1.807, 2.05) is 20.8 Å². The van der Waals surface area contributed by atoms with Crippen LogP contribution < -0.4 is 0 Å². The Morgan fingerprint density at radius 3 is 2.45 bits per heavy atom. The number of fused-ring (bicyclic) bond motifs is 1. The van der Waals surface area contributed by atoms with Crippen molar-refractivity contribution < 1.29 is 23.5 Å². The molecular weight excluding hydrogens is 268 g/mol. The first kappa shape index (κ1) is 15.2. The number of hydrogen-bond donors (Lipinski definition) is 1. The van der Waals surface area contributed by atoms with Gasteiger partial charge in [0.25, 0.3) is 5.92 Å². The molecule has 0 aromatic rings. The van der Waals surface area contributed by atoms with E-state index in [4.69, 9.17) is 0 Å². The van der Waals surface area contributed by atoms with Crippen molar-refractivity contribution in [2.24, 2.45) is 17.3 Å². The molecule has 1 saturated carbocycles. The van der Waals surface area contributed by atoms with Crippen LogP contribution in [-0.4, -0.2) is 40.4 Å². The molecule has 1 N–H and O–H groups in total. The van der Waals surface area contributed by atoms with Crippen LogP contribution in [0.15, 0.2) is 0 Å². The van der Waals surface area contributed by atoms with E-state index in [1.54, 1.807) is 0 Å². The second-order valence-electron chi connectivity index (χ2n) is 7.14. The highest BCUT2D eigenvalue weighted by Crippen LogP contribution is 2.51. The van der Waals surface area contributed by atoms with E-state index in [9.17, 15) is 23.5 Å². The third-order valence-electron chi connectivity index (χ3n) is 4.26. The van der Waals surface area contributed by atoms with Crippen molar-refractivity contribution in [2.75, 3.05) is 6.54 Å². The number of nitrogens with zero attached hydrogens (tertiary/aromatic N) is 1. The van der Waals surface area contributed by atoms with Gasteiger partial charge >= 0.3 is 5.97 Å². The lowest BCUT2D eigenvalue weighted by atomic mass is 9.91. The van der Waals surface area contributed by atoms with Gasteiger partial charge in [-0.3, -0.25) is 4.79 Å². The average Bonchev–Trinajstić information content (AvgIpc) is 2.74. The fraction of sp³-hybridized carbons (Fsp3) is 0.857.